The zero-order valence-corrected chi connectivity index (χ0v) is 10.00. The van der Waals surface area contributed by atoms with Gasteiger partial charge in [0.25, 0.3) is 0 Å². The van der Waals surface area contributed by atoms with E-state index in [-0.39, 0.29) is 5.78 Å². The summed E-state index contributed by atoms with van der Waals surface area (Å²) in [5.41, 5.74) is 2.17. The molecule has 88 valence electrons. The summed E-state index contributed by atoms with van der Waals surface area (Å²) in [4.78, 5) is 12.5. The summed E-state index contributed by atoms with van der Waals surface area (Å²) in [7, 11) is 1.80. The molecule has 0 fully saturated rings. The molecule has 0 bridgehead atoms. The highest BCUT2D eigenvalue weighted by Crippen LogP contribution is 2.20. The van der Waals surface area contributed by atoms with Crippen molar-refractivity contribution in [2.75, 3.05) is 0 Å². The van der Waals surface area contributed by atoms with Gasteiger partial charge in [-0.3, -0.25) is 9.48 Å². The van der Waals surface area contributed by atoms with E-state index in [2.05, 4.69) is 5.10 Å². The van der Waals surface area contributed by atoms with Crippen LogP contribution >= 0.6 is 0 Å². The second kappa shape index (κ2) is 4.11. The van der Waals surface area contributed by atoms with Crippen LogP contribution < -0.4 is 0 Å². The first kappa shape index (κ1) is 10.7. The van der Waals surface area contributed by atoms with Crippen molar-refractivity contribution in [3.8, 4) is 0 Å². The average Bonchev–Trinajstić information content (AvgIpc) is 2.75. The van der Waals surface area contributed by atoms with Gasteiger partial charge >= 0.3 is 0 Å². The first-order chi connectivity index (χ1) is 8.77. The van der Waals surface area contributed by atoms with Crippen molar-refractivity contribution < 1.29 is 4.79 Å². The van der Waals surface area contributed by atoms with Crippen LogP contribution in [0.2, 0.25) is 0 Å². The van der Waals surface area contributed by atoms with Crippen molar-refractivity contribution in [2.24, 2.45) is 7.05 Å². The molecule has 18 heavy (non-hydrogen) atoms. The minimum absolute atomic E-state index is 0.00630. The number of fused-ring (bicyclic) bond motifs is 1. The minimum Gasteiger partial charge on any atom is -0.287 e. The Morgan fingerprint density at radius 3 is 2.44 bits per heavy atom. The molecule has 3 nitrogen and oxygen atoms in total. The Hall–Kier alpha value is -2.42. The fourth-order valence-corrected chi connectivity index (χ4v) is 2.14. The molecule has 0 radical (unpaired) electrons. The number of nitrogens with zero attached hydrogens (tertiary/aromatic N) is 2. The van der Waals surface area contributed by atoms with E-state index in [4.69, 9.17) is 0 Å². The number of aromatic nitrogens is 2. The van der Waals surface area contributed by atoms with Gasteiger partial charge in [0.2, 0.25) is 5.78 Å². The van der Waals surface area contributed by atoms with Crippen LogP contribution in [0, 0.1) is 0 Å². The molecule has 1 aromatic heterocycles. The van der Waals surface area contributed by atoms with Crippen LogP contribution in [-0.4, -0.2) is 15.6 Å². The van der Waals surface area contributed by atoms with Crippen LogP contribution in [0.5, 0.6) is 0 Å². The Kier molecular flexibility index (Phi) is 2.45. The molecule has 0 aliphatic heterocycles. The van der Waals surface area contributed by atoms with Crippen LogP contribution in [0.15, 0.2) is 54.6 Å². The Bertz CT molecular complexity index is 714. The van der Waals surface area contributed by atoms with E-state index in [1.165, 1.54) is 0 Å². The third kappa shape index (κ3) is 1.61. The molecule has 3 aromatic rings. The van der Waals surface area contributed by atoms with Crippen LogP contribution in [-0.2, 0) is 7.05 Å². The maximum Gasteiger partial charge on any atom is 0.211 e. The summed E-state index contributed by atoms with van der Waals surface area (Å²) in [6, 6.07) is 17.0. The highest BCUT2D eigenvalue weighted by Gasteiger charge is 2.17. The lowest BCUT2D eigenvalue weighted by Gasteiger charge is -2.01. The van der Waals surface area contributed by atoms with Crippen LogP contribution in [0.1, 0.15) is 16.1 Å². The highest BCUT2D eigenvalue weighted by atomic mass is 16.1. The van der Waals surface area contributed by atoms with E-state index >= 15 is 0 Å². The number of aryl methyl sites for hydroxylation is 1. The van der Waals surface area contributed by atoms with Crippen molar-refractivity contribution in [2.45, 2.75) is 0 Å². The molecule has 0 amide bonds. The summed E-state index contributed by atoms with van der Waals surface area (Å²) < 4.78 is 1.65. The highest BCUT2D eigenvalue weighted by molar-refractivity contribution is 6.14. The number of carbonyl (C=O) groups is 1. The van der Waals surface area contributed by atoms with E-state index in [0.29, 0.717) is 11.3 Å². The molecule has 3 heteroatoms. The van der Waals surface area contributed by atoms with Crippen molar-refractivity contribution in [1.82, 2.24) is 9.78 Å². The van der Waals surface area contributed by atoms with E-state index in [0.717, 1.165) is 10.9 Å². The number of carbonyl (C=O) groups excluding carboxylic acids is 1. The maximum atomic E-state index is 12.5. The molecule has 3 rings (SSSR count). The molecule has 0 spiro atoms. The number of rotatable bonds is 2. The largest absolute Gasteiger partial charge is 0.287 e. The molecule has 0 atom stereocenters. The van der Waals surface area contributed by atoms with Crippen molar-refractivity contribution in [3.63, 3.8) is 0 Å². The van der Waals surface area contributed by atoms with Crippen LogP contribution in [0.4, 0.5) is 0 Å². The molecule has 0 aliphatic rings. The minimum atomic E-state index is 0.00630. The van der Waals surface area contributed by atoms with Gasteiger partial charge < -0.3 is 0 Å². The molecule has 1 heterocycles. The summed E-state index contributed by atoms with van der Waals surface area (Å²) in [5, 5.41) is 5.25. The van der Waals surface area contributed by atoms with Gasteiger partial charge in [-0.25, -0.2) is 0 Å². The van der Waals surface area contributed by atoms with E-state index in [9.17, 15) is 4.79 Å². The standard InChI is InChI=1S/C15H12N2O/c1-17-14(12-9-5-6-10-13(12)16-17)15(18)11-7-3-2-4-8-11/h2-10H,1H3. The lowest BCUT2D eigenvalue weighted by atomic mass is 10.1. The van der Waals surface area contributed by atoms with Crippen molar-refractivity contribution in [3.05, 3.63) is 65.9 Å². The van der Waals surface area contributed by atoms with E-state index < -0.39 is 0 Å². The van der Waals surface area contributed by atoms with E-state index in [1.807, 2.05) is 54.6 Å². The summed E-state index contributed by atoms with van der Waals surface area (Å²) in [5.74, 6) is 0.00630. The molecule has 0 unspecified atom stereocenters. The van der Waals surface area contributed by atoms with Crippen LogP contribution in [0.3, 0.4) is 0 Å². The van der Waals surface area contributed by atoms with Gasteiger partial charge in [-0.1, -0.05) is 48.5 Å². The average molecular weight is 236 g/mol. The van der Waals surface area contributed by atoms with Crippen LogP contribution in [0.25, 0.3) is 10.9 Å². The first-order valence-electron chi connectivity index (χ1n) is 5.79. The van der Waals surface area contributed by atoms with E-state index in [1.54, 1.807) is 11.7 Å². The monoisotopic (exact) mass is 236 g/mol. The first-order valence-corrected chi connectivity index (χ1v) is 5.79. The quantitative estimate of drug-likeness (QED) is 0.641. The van der Waals surface area contributed by atoms with Gasteiger partial charge in [-0.05, 0) is 6.07 Å². The second-order valence-corrected chi connectivity index (χ2v) is 4.18. The number of ketones is 1. The normalized spacial score (nSPS) is 10.7. The lowest BCUT2D eigenvalue weighted by Crippen LogP contribution is -2.08. The maximum absolute atomic E-state index is 12.5. The molecular formula is C15H12N2O. The van der Waals surface area contributed by atoms with Gasteiger partial charge in [0.1, 0.15) is 5.69 Å². The molecular weight excluding hydrogens is 224 g/mol. The summed E-state index contributed by atoms with van der Waals surface area (Å²) in [6.45, 7) is 0. The zero-order chi connectivity index (χ0) is 12.5. The molecule has 0 aliphatic carbocycles. The Morgan fingerprint density at radius 2 is 1.67 bits per heavy atom. The Balaban J connectivity index is 2.21. The third-order valence-corrected chi connectivity index (χ3v) is 2.99. The second-order valence-electron chi connectivity index (χ2n) is 4.18. The number of benzene rings is 2. The molecule has 0 N–H and O–H groups in total. The Labute approximate surface area is 105 Å². The van der Waals surface area contributed by atoms with Gasteiger partial charge in [0.05, 0.1) is 5.52 Å². The van der Waals surface area contributed by atoms with Gasteiger partial charge in [0, 0.05) is 18.0 Å². The lowest BCUT2D eigenvalue weighted by molar-refractivity contribution is 0.103. The Morgan fingerprint density at radius 1 is 1.00 bits per heavy atom. The van der Waals surface area contributed by atoms with Gasteiger partial charge in [-0.15, -0.1) is 0 Å². The van der Waals surface area contributed by atoms with Gasteiger partial charge in [0.15, 0.2) is 0 Å². The molecule has 2 aromatic carbocycles. The fourth-order valence-electron chi connectivity index (χ4n) is 2.14. The topological polar surface area (TPSA) is 34.9 Å². The predicted octanol–water partition coefficient (Wildman–Crippen LogP) is 2.80. The molecule has 0 saturated carbocycles. The van der Waals surface area contributed by atoms with Gasteiger partial charge in [-0.2, -0.15) is 5.10 Å². The SMILES string of the molecule is Cn1nc2ccccc2c1C(=O)c1ccccc1. The summed E-state index contributed by atoms with van der Waals surface area (Å²) >= 11 is 0. The summed E-state index contributed by atoms with van der Waals surface area (Å²) in [6.07, 6.45) is 0. The predicted molar refractivity (Wildman–Crippen MR) is 70.6 cm³/mol. The zero-order valence-electron chi connectivity index (χ0n) is 10.00. The number of hydrogen-bond acceptors (Lipinski definition) is 2. The van der Waals surface area contributed by atoms with Crippen molar-refractivity contribution >= 4 is 16.7 Å². The fraction of sp³-hybridized carbons (Fsp3) is 0.0667. The van der Waals surface area contributed by atoms with Crippen molar-refractivity contribution in [1.29, 1.82) is 0 Å². The smallest absolute Gasteiger partial charge is 0.211 e. The molecule has 0 saturated heterocycles. The number of hydrogen-bond donors (Lipinski definition) is 0. The third-order valence-electron chi connectivity index (χ3n) is 2.99.